The number of amides is 2. The summed E-state index contributed by atoms with van der Waals surface area (Å²) >= 11 is 0. The minimum absolute atomic E-state index is 0.115. The van der Waals surface area contributed by atoms with E-state index in [1.165, 1.54) is 24.3 Å². The van der Waals surface area contributed by atoms with Gasteiger partial charge in [0.2, 0.25) is 11.8 Å². The van der Waals surface area contributed by atoms with Crippen molar-refractivity contribution in [3.63, 3.8) is 0 Å². The molecule has 1 unspecified atom stereocenters. The summed E-state index contributed by atoms with van der Waals surface area (Å²) in [6.45, 7) is 9.34. The quantitative estimate of drug-likeness (QED) is 0.752. The zero-order chi connectivity index (χ0) is 22.5. The van der Waals surface area contributed by atoms with Gasteiger partial charge in [0.1, 0.15) is 11.6 Å². The van der Waals surface area contributed by atoms with E-state index in [-0.39, 0.29) is 30.0 Å². The Balaban J connectivity index is 1.68. The van der Waals surface area contributed by atoms with Crippen molar-refractivity contribution >= 4 is 17.5 Å². The third-order valence-electron chi connectivity index (χ3n) is 5.63. The number of benzene rings is 1. The molecular weight excluding hydrogens is 395 g/mol. The molecule has 7 heteroatoms. The number of aromatic nitrogens is 2. The van der Waals surface area contributed by atoms with Gasteiger partial charge in [-0.15, -0.1) is 0 Å². The lowest BCUT2D eigenvalue weighted by Crippen LogP contribution is -2.40. The van der Waals surface area contributed by atoms with Crippen molar-refractivity contribution in [2.24, 2.45) is 5.92 Å². The first-order valence-electron chi connectivity index (χ1n) is 10.9. The number of hydrogen-bond donors (Lipinski definition) is 1. The molecule has 166 valence electrons. The summed E-state index contributed by atoms with van der Waals surface area (Å²) < 4.78 is 13.0. The molecule has 0 aliphatic carbocycles. The fourth-order valence-corrected chi connectivity index (χ4v) is 4.00. The fourth-order valence-electron chi connectivity index (χ4n) is 4.00. The maximum Gasteiger partial charge on any atom is 0.228 e. The second-order valence-corrected chi connectivity index (χ2v) is 8.74. The number of aryl methyl sites for hydroxylation is 2. The van der Waals surface area contributed by atoms with E-state index >= 15 is 0 Å². The molecule has 1 saturated heterocycles. The molecular formula is C24H31FN4O2. The molecule has 0 radical (unpaired) electrons. The number of likely N-dealkylation sites (tertiary alicyclic amines) is 1. The van der Waals surface area contributed by atoms with Gasteiger partial charge >= 0.3 is 0 Å². The average molecular weight is 427 g/mol. The number of anilines is 1. The van der Waals surface area contributed by atoms with Gasteiger partial charge in [0.05, 0.1) is 6.42 Å². The number of carbonyl (C=O) groups excluding carboxylic acids is 2. The molecule has 2 heterocycles. The van der Waals surface area contributed by atoms with E-state index in [0.29, 0.717) is 24.6 Å². The summed E-state index contributed by atoms with van der Waals surface area (Å²) in [6.07, 6.45) is 2.61. The molecule has 1 fully saturated rings. The van der Waals surface area contributed by atoms with E-state index in [0.717, 1.165) is 42.2 Å². The Morgan fingerprint density at radius 3 is 2.42 bits per heavy atom. The molecule has 1 aliphatic heterocycles. The Hall–Kier alpha value is -2.83. The van der Waals surface area contributed by atoms with E-state index in [9.17, 15) is 14.0 Å². The van der Waals surface area contributed by atoms with E-state index in [1.807, 2.05) is 18.7 Å². The number of hydrogen-bond acceptors (Lipinski definition) is 4. The van der Waals surface area contributed by atoms with E-state index in [4.69, 9.17) is 9.97 Å². The maximum atomic E-state index is 13.0. The van der Waals surface area contributed by atoms with Crippen molar-refractivity contribution in [3.8, 4) is 0 Å². The largest absolute Gasteiger partial charge is 0.342 e. The molecule has 0 spiro atoms. The van der Waals surface area contributed by atoms with Crippen molar-refractivity contribution in [2.45, 2.75) is 59.3 Å². The van der Waals surface area contributed by atoms with Crippen molar-refractivity contribution < 1.29 is 14.0 Å². The van der Waals surface area contributed by atoms with Crippen LogP contribution >= 0.6 is 0 Å². The Kier molecular flexibility index (Phi) is 7.36. The van der Waals surface area contributed by atoms with Gasteiger partial charge in [-0.25, -0.2) is 14.4 Å². The Bertz CT molecular complexity index is 920. The molecule has 1 aromatic carbocycles. The van der Waals surface area contributed by atoms with Crippen LogP contribution in [-0.2, 0) is 16.0 Å². The number of piperidine rings is 1. The Labute approximate surface area is 183 Å². The van der Waals surface area contributed by atoms with Crippen LogP contribution in [0.5, 0.6) is 0 Å². The normalized spacial score (nSPS) is 16.5. The summed E-state index contributed by atoms with van der Waals surface area (Å²) in [5.41, 5.74) is 2.91. The number of nitrogens with one attached hydrogen (secondary N) is 1. The highest BCUT2D eigenvalue weighted by molar-refractivity contribution is 5.92. The minimum atomic E-state index is -0.346. The van der Waals surface area contributed by atoms with E-state index < -0.39 is 0 Å². The average Bonchev–Trinajstić information content (AvgIpc) is 2.72. The molecule has 1 aliphatic rings. The Morgan fingerprint density at radius 2 is 1.81 bits per heavy atom. The van der Waals surface area contributed by atoms with Gasteiger partial charge in [-0.05, 0) is 56.9 Å². The summed E-state index contributed by atoms with van der Waals surface area (Å²) in [5, 5.41) is 2.78. The fraction of sp³-hybridized carbons (Fsp3) is 0.500. The number of carbonyl (C=O) groups is 2. The molecule has 0 bridgehead atoms. The zero-order valence-corrected chi connectivity index (χ0v) is 18.7. The summed E-state index contributed by atoms with van der Waals surface area (Å²) in [4.78, 5) is 36.3. The highest BCUT2D eigenvalue weighted by atomic mass is 19.1. The van der Waals surface area contributed by atoms with Gasteiger partial charge < -0.3 is 10.2 Å². The lowest BCUT2D eigenvalue weighted by atomic mass is 9.95. The molecule has 0 saturated carbocycles. The van der Waals surface area contributed by atoms with Gasteiger partial charge in [-0.1, -0.05) is 13.8 Å². The number of nitrogens with zero attached hydrogens (tertiary/aromatic N) is 3. The summed E-state index contributed by atoms with van der Waals surface area (Å²) in [5.74, 6) is 0.860. The first-order valence-corrected chi connectivity index (χ1v) is 10.9. The standard InChI is InChI=1S/C24H31FN4O2/c1-15(2)12-23(31)29-11-5-6-18(14-29)24-26-16(3)21(17(4)27-24)13-22(30)28-20-9-7-19(25)8-10-20/h7-10,15,18H,5-6,11-14H2,1-4H3,(H,28,30). The maximum absolute atomic E-state index is 13.0. The first-order chi connectivity index (χ1) is 14.7. The second kappa shape index (κ2) is 9.98. The smallest absolute Gasteiger partial charge is 0.228 e. The lowest BCUT2D eigenvalue weighted by molar-refractivity contribution is -0.133. The van der Waals surface area contributed by atoms with Crippen LogP contribution in [0.4, 0.5) is 10.1 Å². The monoisotopic (exact) mass is 426 g/mol. The van der Waals surface area contributed by atoms with Crippen LogP contribution < -0.4 is 5.32 Å². The second-order valence-electron chi connectivity index (χ2n) is 8.74. The van der Waals surface area contributed by atoms with Crippen molar-refractivity contribution in [1.29, 1.82) is 0 Å². The topological polar surface area (TPSA) is 75.2 Å². The van der Waals surface area contributed by atoms with Crippen LogP contribution in [-0.4, -0.2) is 39.8 Å². The van der Waals surface area contributed by atoms with Crippen molar-refractivity contribution in [2.75, 3.05) is 18.4 Å². The molecule has 6 nitrogen and oxygen atoms in total. The number of halogens is 1. The summed E-state index contributed by atoms with van der Waals surface area (Å²) in [6, 6.07) is 5.68. The molecule has 1 aromatic heterocycles. The molecule has 3 rings (SSSR count). The summed E-state index contributed by atoms with van der Waals surface area (Å²) in [7, 11) is 0. The molecule has 31 heavy (non-hydrogen) atoms. The van der Waals surface area contributed by atoms with Crippen LogP contribution in [0.25, 0.3) is 0 Å². The predicted octanol–water partition coefficient (Wildman–Crippen LogP) is 4.17. The highest BCUT2D eigenvalue weighted by Crippen LogP contribution is 2.27. The van der Waals surface area contributed by atoms with Gasteiger partial charge in [0, 0.05) is 48.1 Å². The SMILES string of the molecule is Cc1nc(C2CCCN(C(=O)CC(C)C)C2)nc(C)c1CC(=O)Nc1ccc(F)cc1. The molecule has 1 N–H and O–H groups in total. The molecule has 1 atom stereocenters. The minimum Gasteiger partial charge on any atom is -0.342 e. The van der Waals surface area contributed by atoms with Gasteiger partial charge in [-0.2, -0.15) is 0 Å². The van der Waals surface area contributed by atoms with Crippen molar-refractivity contribution in [3.05, 3.63) is 52.9 Å². The van der Waals surface area contributed by atoms with Crippen molar-refractivity contribution in [1.82, 2.24) is 14.9 Å². The van der Waals surface area contributed by atoms with Gasteiger partial charge in [0.15, 0.2) is 0 Å². The zero-order valence-electron chi connectivity index (χ0n) is 18.7. The third-order valence-corrected chi connectivity index (χ3v) is 5.63. The van der Waals surface area contributed by atoms with Crippen LogP contribution in [0, 0.1) is 25.6 Å². The van der Waals surface area contributed by atoms with Crippen LogP contribution in [0.2, 0.25) is 0 Å². The molecule has 2 aromatic rings. The molecule has 2 amide bonds. The van der Waals surface area contributed by atoms with Gasteiger partial charge in [0.25, 0.3) is 0 Å². The van der Waals surface area contributed by atoms with Crippen LogP contribution in [0.15, 0.2) is 24.3 Å². The van der Waals surface area contributed by atoms with E-state index in [1.54, 1.807) is 0 Å². The Morgan fingerprint density at radius 1 is 1.16 bits per heavy atom. The van der Waals surface area contributed by atoms with Crippen LogP contribution in [0.3, 0.4) is 0 Å². The first kappa shape index (κ1) is 22.8. The predicted molar refractivity (Wildman–Crippen MR) is 118 cm³/mol. The highest BCUT2D eigenvalue weighted by Gasteiger charge is 2.27. The third kappa shape index (κ3) is 6.09. The number of rotatable bonds is 6. The van der Waals surface area contributed by atoms with Crippen LogP contribution in [0.1, 0.15) is 61.8 Å². The lowest BCUT2D eigenvalue weighted by Gasteiger charge is -2.33. The van der Waals surface area contributed by atoms with E-state index in [2.05, 4.69) is 19.2 Å². The van der Waals surface area contributed by atoms with Gasteiger partial charge in [-0.3, -0.25) is 9.59 Å².